The molecule has 0 aliphatic rings. The van der Waals surface area contributed by atoms with E-state index in [1.807, 2.05) is 0 Å². The van der Waals surface area contributed by atoms with E-state index in [0.717, 1.165) is 12.7 Å². The molecule has 0 rings (SSSR count). The Hall–Kier alpha value is -0.135. The van der Waals surface area contributed by atoms with Crippen LogP contribution in [0, 0.1) is 5.31 Å². The van der Waals surface area contributed by atoms with E-state index in [0.29, 0.717) is 0 Å². The van der Waals surface area contributed by atoms with Crippen molar-refractivity contribution in [3.05, 3.63) is 0 Å². The van der Waals surface area contributed by atoms with Crippen LogP contribution in [-0.4, -0.2) is 7.07 Å². The van der Waals surface area contributed by atoms with E-state index in [2.05, 4.69) is 6.92 Å². The van der Waals surface area contributed by atoms with Gasteiger partial charge in [-0.1, -0.05) is 0 Å². The molecule has 0 bridgehead atoms. The number of rotatable bonds is 2. The minimum absolute atomic E-state index is 0.931. The third-order valence-corrected chi connectivity index (χ3v) is 0.433. The first kappa shape index (κ1) is 4.86. The van der Waals surface area contributed by atoms with Gasteiger partial charge in [0.15, 0.2) is 0 Å². The van der Waals surface area contributed by atoms with Crippen molar-refractivity contribution in [3.8, 4) is 0 Å². The van der Waals surface area contributed by atoms with Crippen LogP contribution in [0.3, 0.4) is 0 Å². The van der Waals surface area contributed by atoms with Crippen LogP contribution in [0.1, 0.15) is 13.3 Å². The third kappa shape index (κ3) is 3.86. The Balaban J connectivity index is 2.40. The van der Waals surface area contributed by atoms with E-state index in [4.69, 9.17) is 5.31 Å². The van der Waals surface area contributed by atoms with Crippen molar-refractivity contribution in [3.63, 3.8) is 0 Å². The van der Waals surface area contributed by atoms with Gasteiger partial charge < -0.3 is 0 Å². The Bertz CT molecular complexity index is 28.1. The number of hydrogen-bond donors (Lipinski definition) is 1. The molecule has 0 saturated heterocycles. The summed E-state index contributed by atoms with van der Waals surface area (Å²) >= 11 is 0. The molecule has 28 valence electrons. The van der Waals surface area contributed by atoms with Crippen molar-refractivity contribution < 1.29 is 0 Å². The van der Waals surface area contributed by atoms with Gasteiger partial charge in [-0.05, 0) is 0 Å². The van der Waals surface area contributed by atoms with Gasteiger partial charge in [-0.3, -0.25) is 0 Å². The van der Waals surface area contributed by atoms with Gasteiger partial charge in [-0.2, -0.15) is 0 Å². The maximum atomic E-state index is 6.48. The molecule has 0 fully saturated rings. The summed E-state index contributed by atoms with van der Waals surface area (Å²) in [5.74, 6) is 0. The van der Waals surface area contributed by atoms with Crippen LogP contribution < -0.4 is 0 Å². The summed E-state index contributed by atoms with van der Waals surface area (Å²) in [6.07, 6.45) is 2.03. The van der Waals surface area contributed by atoms with Crippen molar-refractivity contribution in [1.29, 1.82) is 5.31 Å². The topological polar surface area (TPSA) is 23.9 Å². The molecule has 0 heterocycles. The summed E-state index contributed by atoms with van der Waals surface area (Å²) in [6.45, 7) is 2.06. The molecule has 0 aromatic rings. The molecule has 0 aliphatic carbocycles. The first-order chi connectivity index (χ1) is 2.41. The Morgan fingerprint density at radius 3 is 2.40 bits per heavy atom. The summed E-state index contributed by atoms with van der Waals surface area (Å²) < 4.78 is 0. The van der Waals surface area contributed by atoms with E-state index in [1.165, 1.54) is 7.07 Å². The van der Waals surface area contributed by atoms with Crippen LogP contribution in [0.5, 0.6) is 0 Å². The van der Waals surface area contributed by atoms with Gasteiger partial charge in [-0.15, -0.1) is 0 Å². The Morgan fingerprint density at radius 1 is 1.80 bits per heavy atom. The van der Waals surface area contributed by atoms with Crippen LogP contribution in [0.15, 0.2) is 0 Å². The fraction of sp³-hybridized carbons (Fsp3) is 1.00. The molecule has 0 unspecified atom stereocenters. The second-order valence-corrected chi connectivity index (χ2v) is 0.993. The molecule has 0 aliphatic heterocycles. The van der Waals surface area contributed by atoms with E-state index < -0.39 is 0 Å². The van der Waals surface area contributed by atoms with E-state index in [-0.39, 0.29) is 0 Å². The normalized spacial score (nSPS) is 6.60. The quantitative estimate of drug-likeness (QED) is 0.472. The maximum absolute atomic E-state index is 6.48. The predicted molar refractivity (Wildman–Crippen MR) is 23.6 cm³/mol. The number of hydrogen-bond acceptors (Lipinski definition) is 1. The van der Waals surface area contributed by atoms with E-state index in [9.17, 15) is 0 Å². The summed E-state index contributed by atoms with van der Waals surface area (Å²) in [7, 11) is 1.43. The summed E-state index contributed by atoms with van der Waals surface area (Å²) in [5, 5.41) is 6.48. The zero-order valence-electron chi connectivity index (χ0n) is 3.49. The molecule has 2 heteroatoms. The van der Waals surface area contributed by atoms with E-state index in [1.54, 1.807) is 0 Å². The van der Waals surface area contributed by atoms with E-state index >= 15 is 0 Å². The molecule has 0 atom stereocenters. The van der Waals surface area contributed by atoms with Crippen LogP contribution in [0.2, 0.25) is 6.32 Å². The second-order valence-electron chi connectivity index (χ2n) is 0.993. The molecule has 5 heavy (non-hydrogen) atoms. The van der Waals surface area contributed by atoms with Gasteiger partial charge in [0.25, 0.3) is 0 Å². The molecular weight excluding hydrogens is 60.9 g/mol. The Labute approximate surface area is 33.1 Å². The third-order valence-electron chi connectivity index (χ3n) is 0.433. The molecular formula is C3H8BN. The molecule has 0 saturated carbocycles. The predicted octanol–water partition coefficient (Wildman–Crippen LogP) is 1.28. The molecule has 1 nitrogen and oxygen atoms in total. The second kappa shape index (κ2) is 3.86. The fourth-order valence-corrected chi connectivity index (χ4v) is 0.144. The van der Waals surface area contributed by atoms with Crippen LogP contribution in [0.4, 0.5) is 0 Å². The van der Waals surface area contributed by atoms with Crippen LogP contribution in [0.25, 0.3) is 0 Å². The van der Waals surface area contributed by atoms with Crippen molar-refractivity contribution in [1.82, 2.24) is 0 Å². The van der Waals surface area contributed by atoms with Crippen molar-refractivity contribution in [2.75, 3.05) is 0 Å². The Morgan fingerprint density at radius 2 is 2.40 bits per heavy atom. The molecule has 0 spiro atoms. The average Bonchev–Trinajstić information content (AvgIpc) is 1.41. The van der Waals surface area contributed by atoms with Gasteiger partial charge in [-0.25, -0.2) is 0 Å². The van der Waals surface area contributed by atoms with Crippen LogP contribution in [-0.2, 0) is 0 Å². The minimum atomic E-state index is 0.931. The Kier molecular flexibility index (Phi) is 3.76. The monoisotopic (exact) mass is 69.1 g/mol. The molecule has 0 aromatic heterocycles. The molecule has 0 radical (unpaired) electrons. The van der Waals surface area contributed by atoms with Crippen molar-refractivity contribution in [2.45, 2.75) is 19.7 Å². The van der Waals surface area contributed by atoms with Gasteiger partial charge in [0.1, 0.15) is 0 Å². The van der Waals surface area contributed by atoms with Crippen molar-refractivity contribution in [2.24, 2.45) is 0 Å². The summed E-state index contributed by atoms with van der Waals surface area (Å²) in [5.41, 5.74) is 0. The first-order valence-corrected chi connectivity index (χ1v) is 1.90. The zero-order valence-corrected chi connectivity index (χ0v) is 3.49. The van der Waals surface area contributed by atoms with Crippen molar-refractivity contribution >= 4 is 7.07 Å². The summed E-state index contributed by atoms with van der Waals surface area (Å²) in [6, 6.07) is 0. The van der Waals surface area contributed by atoms with Gasteiger partial charge in [0, 0.05) is 0 Å². The van der Waals surface area contributed by atoms with Gasteiger partial charge >= 0.3 is 32.0 Å². The van der Waals surface area contributed by atoms with Gasteiger partial charge in [0.2, 0.25) is 0 Å². The molecule has 0 aromatic carbocycles. The first-order valence-electron chi connectivity index (χ1n) is 1.90. The average molecular weight is 68.9 g/mol. The van der Waals surface area contributed by atoms with Crippen LogP contribution >= 0.6 is 0 Å². The summed E-state index contributed by atoms with van der Waals surface area (Å²) in [4.78, 5) is 0. The zero-order chi connectivity index (χ0) is 4.12. The fourth-order valence-electron chi connectivity index (χ4n) is 0.144. The molecule has 0 amide bonds. The van der Waals surface area contributed by atoms with Gasteiger partial charge in [0.05, 0.1) is 0 Å². The number of nitrogens with one attached hydrogen (secondary N) is 1. The SMILES string of the molecule is CCCB=N. The molecule has 1 N–H and O–H groups in total. The standard InChI is InChI=1S/C3H8BN/c1-2-3-4-5/h5H,2-3H2,1H3.